The lowest BCUT2D eigenvalue weighted by Gasteiger charge is -2.40. The van der Waals surface area contributed by atoms with Crippen molar-refractivity contribution >= 4 is 23.4 Å². The molecule has 0 spiro atoms. The summed E-state index contributed by atoms with van der Waals surface area (Å²) in [6.45, 7) is 1.04. The maximum atomic E-state index is 13.4. The van der Waals surface area contributed by atoms with E-state index in [1.165, 1.54) is 23.1 Å². The standard InChI is InChI=1S/C13H14FN3O3/c14-8-1-2-10-11(5-8)17-4-3-16(13(19)20)7-9(17)6-12(18)15-10/h1-2,5,9H,3-4,6-7H2,(H,15,18)(H,19,20). The zero-order valence-corrected chi connectivity index (χ0v) is 10.7. The molecule has 2 amide bonds. The molecule has 0 saturated carbocycles. The number of halogens is 1. The second-order valence-electron chi connectivity index (χ2n) is 4.99. The van der Waals surface area contributed by atoms with Gasteiger partial charge in [0.1, 0.15) is 5.82 Å². The summed E-state index contributed by atoms with van der Waals surface area (Å²) in [6.07, 6.45) is -0.797. The number of nitrogens with zero attached hydrogens (tertiary/aromatic N) is 2. The summed E-state index contributed by atoms with van der Waals surface area (Å²) >= 11 is 0. The van der Waals surface area contributed by atoms with E-state index in [-0.39, 0.29) is 30.7 Å². The van der Waals surface area contributed by atoms with E-state index in [0.29, 0.717) is 24.5 Å². The third-order valence-corrected chi connectivity index (χ3v) is 3.72. The van der Waals surface area contributed by atoms with Gasteiger partial charge in [0.25, 0.3) is 0 Å². The van der Waals surface area contributed by atoms with E-state index in [9.17, 15) is 14.0 Å². The summed E-state index contributed by atoms with van der Waals surface area (Å²) in [5.74, 6) is -0.558. The van der Waals surface area contributed by atoms with Crippen molar-refractivity contribution in [2.75, 3.05) is 29.9 Å². The molecule has 2 aliphatic heterocycles. The first-order valence-electron chi connectivity index (χ1n) is 6.38. The lowest BCUT2D eigenvalue weighted by molar-refractivity contribution is -0.116. The Kier molecular flexibility index (Phi) is 2.96. The van der Waals surface area contributed by atoms with Crippen LogP contribution in [0.5, 0.6) is 0 Å². The number of rotatable bonds is 0. The average Bonchev–Trinajstić information content (AvgIpc) is 2.53. The Morgan fingerprint density at radius 2 is 2.20 bits per heavy atom. The van der Waals surface area contributed by atoms with Gasteiger partial charge in [0.15, 0.2) is 0 Å². The fraction of sp³-hybridized carbons (Fsp3) is 0.385. The molecule has 20 heavy (non-hydrogen) atoms. The van der Waals surface area contributed by atoms with Crippen LogP contribution in [0.4, 0.5) is 20.6 Å². The third kappa shape index (κ3) is 2.15. The normalized spacial score (nSPS) is 21.6. The highest BCUT2D eigenvalue weighted by atomic mass is 19.1. The van der Waals surface area contributed by atoms with Crippen molar-refractivity contribution in [2.24, 2.45) is 0 Å². The molecular weight excluding hydrogens is 265 g/mol. The van der Waals surface area contributed by atoms with E-state index in [1.54, 1.807) is 0 Å². The van der Waals surface area contributed by atoms with Gasteiger partial charge in [0.05, 0.1) is 17.4 Å². The van der Waals surface area contributed by atoms with Gasteiger partial charge in [-0.15, -0.1) is 0 Å². The number of hydrogen-bond donors (Lipinski definition) is 2. The molecule has 106 valence electrons. The number of carbonyl (C=O) groups is 2. The van der Waals surface area contributed by atoms with Crippen LogP contribution in [0.2, 0.25) is 0 Å². The average molecular weight is 279 g/mol. The molecular formula is C13H14FN3O3. The van der Waals surface area contributed by atoms with Crippen molar-refractivity contribution < 1.29 is 19.1 Å². The van der Waals surface area contributed by atoms with Gasteiger partial charge in [-0.25, -0.2) is 9.18 Å². The van der Waals surface area contributed by atoms with E-state index in [4.69, 9.17) is 5.11 Å². The maximum absolute atomic E-state index is 13.4. The van der Waals surface area contributed by atoms with Gasteiger partial charge in [-0.05, 0) is 18.2 Å². The van der Waals surface area contributed by atoms with E-state index in [1.807, 2.05) is 4.90 Å². The summed E-state index contributed by atoms with van der Waals surface area (Å²) in [6, 6.07) is 3.95. The number of anilines is 2. The molecule has 3 rings (SSSR count). The number of carboxylic acid groups (broad SMARTS) is 1. The quantitative estimate of drug-likeness (QED) is 0.751. The SMILES string of the molecule is O=C1CC2CN(C(=O)O)CCN2c2cc(F)ccc2N1. The molecule has 0 bridgehead atoms. The molecule has 1 aromatic rings. The van der Waals surface area contributed by atoms with Crippen LogP contribution in [0, 0.1) is 5.82 Å². The Morgan fingerprint density at radius 1 is 1.40 bits per heavy atom. The van der Waals surface area contributed by atoms with Crippen molar-refractivity contribution in [3.63, 3.8) is 0 Å². The van der Waals surface area contributed by atoms with Gasteiger partial charge in [-0.2, -0.15) is 0 Å². The number of fused-ring (bicyclic) bond motifs is 3. The molecule has 6 nitrogen and oxygen atoms in total. The number of piperazine rings is 1. The van der Waals surface area contributed by atoms with Crippen molar-refractivity contribution in [1.29, 1.82) is 0 Å². The molecule has 1 aromatic carbocycles. The summed E-state index contributed by atoms with van der Waals surface area (Å²) < 4.78 is 13.4. The molecule has 1 fully saturated rings. The molecule has 1 unspecified atom stereocenters. The number of carbonyl (C=O) groups excluding carboxylic acids is 1. The van der Waals surface area contributed by atoms with Crippen LogP contribution in [0.25, 0.3) is 0 Å². The van der Waals surface area contributed by atoms with Gasteiger partial charge in [0.2, 0.25) is 5.91 Å². The van der Waals surface area contributed by atoms with E-state index >= 15 is 0 Å². The number of nitrogens with one attached hydrogen (secondary N) is 1. The lowest BCUT2D eigenvalue weighted by Crippen LogP contribution is -2.54. The first kappa shape index (κ1) is 12.7. The highest BCUT2D eigenvalue weighted by Crippen LogP contribution is 2.33. The fourth-order valence-corrected chi connectivity index (χ4v) is 2.78. The van der Waals surface area contributed by atoms with Crippen molar-refractivity contribution in [1.82, 2.24) is 4.90 Å². The molecule has 7 heteroatoms. The second kappa shape index (κ2) is 4.66. The molecule has 0 aliphatic carbocycles. The van der Waals surface area contributed by atoms with Crippen LogP contribution >= 0.6 is 0 Å². The summed E-state index contributed by atoms with van der Waals surface area (Å²) in [4.78, 5) is 26.1. The summed E-state index contributed by atoms with van der Waals surface area (Å²) in [5.41, 5.74) is 1.19. The third-order valence-electron chi connectivity index (χ3n) is 3.72. The number of hydrogen-bond acceptors (Lipinski definition) is 3. The Hall–Kier alpha value is -2.31. The van der Waals surface area contributed by atoms with Gasteiger partial charge < -0.3 is 20.2 Å². The highest BCUT2D eigenvalue weighted by molar-refractivity contribution is 5.96. The van der Waals surface area contributed by atoms with Crippen LogP contribution in [0.15, 0.2) is 18.2 Å². The highest BCUT2D eigenvalue weighted by Gasteiger charge is 2.34. The van der Waals surface area contributed by atoms with Gasteiger partial charge >= 0.3 is 6.09 Å². The zero-order chi connectivity index (χ0) is 14.3. The molecule has 2 aliphatic rings. The molecule has 0 aromatic heterocycles. The monoisotopic (exact) mass is 279 g/mol. The van der Waals surface area contributed by atoms with Gasteiger partial charge in [0, 0.05) is 26.1 Å². The predicted molar refractivity (Wildman–Crippen MR) is 70.4 cm³/mol. The smallest absolute Gasteiger partial charge is 0.407 e. The first-order valence-corrected chi connectivity index (χ1v) is 6.38. The Bertz CT molecular complexity index is 578. The first-order chi connectivity index (χ1) is 9.54. The number of benzene rings is 1. The van der Waals surface area contributed by atoms with E-state index in [2.05, 4.69) is 5.32 Å². The fourth-order valence-electron chi connectivity index (χ4n) is 2.78. The van der Waals surface area contributed by atoms with Gasteiger partial charge in [-0.1, -0.05) is 0 Å². The van der Waals surface area contributed by atoms with Crippen LogP contribution < -0.4 is 10.2 Å². The Labute approximate surface area is 114 Å². The number of amides is 2. The van der Waals surface area contributed by atoms with Gasteiger partial charge in [-0.3, -0.25) is 4.79 Å². The predicted octanol–water partition coefficient (Wildman–Crippen LogP) is 1.34. The largest absolute Gasteiger partial charge is 0.465 e. The van der Waals surface area contributed by atoms with Crippen LogP contribution in [0.3, 0.4) is 0 Å². The molecule has 0 radical (unpaired) electrons. The Balaban J connectivity index is 1.97. The van der Waals surface area contributed by atoms with Crippen molar-refractivity contribution in [3.05, 3.63) is 24.0 Å². The zero-order valence-electron chi connectivity index (χ0n) is 10.7. The minimum Gasteiger partial charge on any atom is -0.465 e. The molecule has 2 heterocycles. The van der Waals surface area contributed by atoms with E-state index < -0.39 is 6.09 Å². The minimum atomic E-state index is -0.992. The minimum absolute atomic E-state index is 0.183. The van der Waals surface area contributed by atoms with Crippen LogP contribution in [-0.4, -0.2) is 47.7 Å². The van der Waals surface area contributed by atoms with E-state index in [0.717, 1.165) is 0 Å². The summed E-state index contributed by atoms with van der Waals surface area (Å²) in [7, 11) is 0. The topological polar surface area (TPSA) is 72.9 Å². The molecule has 2 N–H and O–H groups in total. The molecule has 1 saturated heterocycles. The van der Waals surface area contributed by atoms with Crippen LogP contribution in [-0.2, 0) is 4.79 Å². The Morgan fingerprint density at radius 3 is 2.95 bits per heavy atom. The second-order valence-corrected chi connectivity index (χ2v) is 4.99. The molecule has 1 atom stereocenters. The van der Waals surface area contributed by atoms with Crippen molar-refractivity contribution in [3.8, 4) is 0 Å². The van der Waals surface area contributed by atoms with Crippen molar-refractivity contribution in [2.45, 2.75) is 12.5 Å². The maximum Gasteiger partial charge on any atom is 0.407 e. The van der Waals surface area contributed by atoms with Crippen LogP contribution in [0.1, 0.15) is 6.42 Å². The lowest BCUT2D eigenvalue weighted by atomic mass is 10.1. The summed E-state index contributed by atoms with van der Waals surface area (Å²) in [5, 5.41) is 11.8.